The van der Waals surface area contributed by atoms with Crippen LogP contribution in [0.1, 0.15) is 43.5 Å². The number of carbonyl (C=O) groups excluding carboxylic acids is 3. The van der Waals surface area contributed by atoms with Gasteiger partial charge >= 0.3 is 0 Å². The van der Waals surface area contributed by atoms with Gasteiger partial charge in [-0.15, -0.1) is 0 Å². The summed E-state index contributed by atoms with van der Waals surface area (Å²) in [4.78, 5) is 36.9. The lowest BCUT2D eigenvalue weighted by molar-refractivity contribution is -0.135. The molecular formula is C17H22N2O3. The number of nitrogens with zero attached hydrogens (tertiary/aromatic N) is 1. The molecule has 0 bridgehead atoms. The van der Waals surface area contributed by atoms with Crippen molar-refractivity contribution in [3.8, 4) is 0 Å². The van der Waals surface area contributed by atoms with Gasteiger partial charge in [0.2, 0.25) is 11.8 Å². The van der Waals surface area contributed by atoms with E-state index in [4.69, 9.17) is 0 Å². The highest BCUT2D eigenvalue weighted by atomic mass is 16.2. The van der Waals surface area contributed by atoms with E-state index >= 15 is 0 Å². The van der Waals surface area contributed by atoms with Crippen molar-refractivity contribution in [2.24, 2.45) is 5.92 Å². The molecule has 118 valence electrons. The van der Waals surface area contributed by atoms with Crippen LogP contribution in [0.4, 0.5) is 5.69 Å². The van der Waals surface area contributed by atoms with E-state index in [-0.39, 0.29) is 24.0 Å². The van der Waals surface area contributed by atoms with Gasteiger partial charge in [0.15, 0.2) is 5.78 Å². The third kappa shape index (κ3) is 4.41. The molecule has 1 saturated heterocycles. The summed E-state index contributed by atoms with van der Waals surface area (Å²) in [6, 6.07) is 6.65. The van der Waals surface area contributed by atoms with Crippen LogP contribution >= 0.6 is 0 Å². The zero-order valence-corrected chi connectivity index (χ0v) is 13.1. The summed E-state index contributed by atoms with van der Waals surface area (Å²) in [5, 5.41) is 2.69. The molecule has 1 aliphatic heterocycles. The predicted octanol–water partition coefficient (Wildman–Crippen LogP) is 2.48. The molecule has 5 nitrogen and oxygen atoms in total. The molecule has 5 heteroatoms. The zero-order chi connectivity index (χ0) is 16.1. The molecule has 0 aromatic heterocycles. The summed E-state index contributed by atoms with van der Waals surface area (Å²) in [5.41, 5.74) is 1.19. The highest BCUT2D eigenvalue weighted by Crippen LogP contribution is 2.17. The Morgan fingerprint density at radius 1 is 1.14 bits per heavy atom. The third-order valence-corrected chi connectivity index (χ3v) is 4.02. The van der Waals surface area contributed by atoms with Crippen molar-refractivity contribution < 1.29 is 14.4 Å². The number of nitrogens with one attached hydrogen (secondary N) is 1. The largest absolute Gasteiger partial charge is 0.342 e. The molecule has 0 saturated carbocycles. The van der Waals surface area contributed by atoms with Crippen molar-refractivity contribution in [2.75, 3.05) is 18.4 Å². The van der Waals surface area contributed by atoms with Gasteiger partial charge in [-0.2, -0.15) is 0 Å². The van der Waals surface area contributed by atoms with Crippen molar-refractivity contribution in [1.29, 1.82) is 0 Å². The van der Waals surface area contributed by atoms with Crippen molar-refractivity contribution in [1.82, 2.24) is 4.90 Å². The van der Waals surface area contributed by atoms with Crippen LogP contribution < -0.4 is 5.32 Å². The minimum absolute atomic E-state index is 0.0209. The van der Waals surface area contributed by atoms with Crippen LogP contribution in [-0.4, -0.2) is 35.6 Å². The first-order valence-electron chi connectivity index (χ1n) is 7.64. The van der Waals surface area contributed by atoms with Crippen molar-refractivity contribution >= 4 is 23.3 Å². The zero-order valence-electron chi connectivity index (χ0n) is 13.1. The molecule has 0 atom stereocenters. The number of amides is 2. The summed E-state index contributed by atoms with van der Waals surface area (Å²) in [6.45, 7) is 5.14. The second kappa shape index (κ2) is 7.20. The maximum Gasteiger partial charge on any atom is 0.233 e. The fraction of sp³-hybridized carbons (Fsp3) is 0.471. The molecule has 22 heavy (non-hydrogen) atoms. The van der Waals surface area contributed by atoms with Crippen LogP contribution in [-0.2, 0) is 9.59 Å². The SMILES string of the molecule is CC(=O)c1ccc(NC(=O)CC(=O)N2CCC(C)CC2)cc1. The van der Waals surface area contributed by atoms with Crippen LogP contribution in [0.3, 0.4) is 0 Å². The molecule has 1 heterocycles. The molecule has 1 aromatic rings. The lowest BCUT2D eigenvalue weighted by Crippen LogP contribution is -2.39. The molecule has 2 rings (SSSR count). The first-order valence-corrected chi connectivity index (χ1v) is 7.64. The fourth-order valence-corrected chi connectivity index (χ4v) is 2.50. The number of ketones is 1. The van der Waals surface area contributed by atoms with Gasteiger partial charge in [0.1, 0.15) is 6.42 Å². The molecule has 1 aliphatic rings. The van der Waals surface area contributed by atoms with Crippen LogP contribution in [0.2, 0.25) is 0 Å². The van der Waals surface area contributed by atoms with E-state index in [0.29, 0.717) is 17.2 Å². The Balaban J connectivity index is 1.84. The number of rotatable bonds is 4. The van der Waals surface area contributed by atoms with E-state index in [2.05, 4.69) is 12.2 Å². The van der Waals surface area contributed by atoms with E-state index in [1.54, 1.807) is 29.2 Å². The Kier molecular flexibility index (Phi) is 5.31. The molecule has 2 amide bonds. The van der Waals surface area contributed by atoms with Gasteiger partial charge in [0.25, 0.3) is 0 Å². The smallest absolute Gasteiger partial charge is 0.233 e. The van der Waals surface area contributed by atoms with Crippen molar-refractivity contribution in [3.05, 3.63) is 29.8 Å². The standard InChI is InChI=1S/C17H22N2O3/c1-12-7-9-19(10-8-12)17(22)11-16(21)18-15-5-3-14(4-6-15)13(2)20/h3-6,12H,7-11H2,1-2H3,(H,18,21). The number of hydrogen-bond donors (Lipinski definition) is 1. The van der Waals surface area contributed by atoms with Gasteiger partial charge in [-0.05, 0) is 49.9 Å². The summed E-state index contributed by atoms with van der Waals surface area (Å²) in [6.07, 6.45) is 1.86. The number of hydrogen-bond acceptors (Lipinski definition) is 3. The van der Waals surface area contributed by atoms with Crippen LogP contribution in [0, 0.1) is 5.92 Å². The number of benzene rings is 1. The molecule has 0 spiro atoms. The Morgan fingerprint density at radius 2 is 1.73 bits per heavy atom. The molecule has 1 N–H and O–H groups in total. The van der Waals surface area contributed by atoms with Gasteiger partial charge in [-0.25, -0.2) is 0 Å². The van der Waals surface area contributed by atoms with E-state index < -0.39 is 0 Å². The maximum absolute atomic E-state index is 12.1. The number of likely N-dealkylation sites (tertiary alicyclic amines) is 1. The summed E-state index contributed by atoms with van der Waals surface area (Å²) in [7, 11) is 0. The Bertz CT molecular complexity index is 558. The molecule has 0 radical (unpaired) electrons. The van der Waals surface area contributed by atoms with Crippen LogP contribution in [0.15, 0.2) is 24.3 Å². The van der Waals surface area contributed by atoms with Gasteiger partial charge < -0.3 is 10.2 Å². The van der Waals surface area contributed by atoms with Crippen molar-refractivity contribution in [3.63, 3.8) is 0 Å². The number of piperidine rings is 1. The van der Waals surface area contributed by atoms with E-state index in [9.17, 15) is 14.4 Å². The lowest BCUT2D eigenvalue weighted by Gasteiger charge is -2.30. The van der Waals surface area contributed by atoms with Gasteiger partial charge in [0, 0.05) is 24.3 Å². The first kappa shape index (κ1) is 16.2. The van der Waals surface area contributed by atoms with Gasteiger partial charge in [-0.1, -0.05) is 6.92 Å². The monoisotopic (exact) mass is 302 g/mol. The predicted molar refractivity (Wildman–Crippen MR) is 84.7 cm³/mol. The normalized spacial score (nSPS) is 15.5. The average molecular weight is 302 g/mol. The highest BCUT2D eigenvalue weighted by molar-refractivity contribution is 6.03. The first-order chi connectivity index (χ1) is 10.5. The number of anilines is 1. The Hall–Kier alpha value is -2.17. The second-order valence-electron chi connectivity index (χ2n) is 5.92. The van der Waals surface area contributed by atoms with E-state index in [0.717, 1.165) is 25.9 Å². The van der Waals surface area contributed by atoms with Crippen molar-refractivity contribution in [2.45, 2.75) is 33.1 Å². The van der Waals surface area contributed by atoms with Gasteiger partial charge in [-0.3, -0.25) is 14.4 Å². The van der Waals surface area contributed by atoms with E-state index in [1.165, 1.54) is 6.92 Å². The number of Topliss-reactive ketones (excluding diaryl/α,β-unsaturated/α-hetero) is 1. The average Bonchev–Trinajstić information content (AvgIpc) is 2.48. The maximum atomic E-state index is 12.1. The molecule has 0 unspecified atom stereocenters. The minimum atomic E-state index is -0.320. The fourth-order valence-electron chi connectivity index (χ4n) is 2.50. The minimum Gasteiger partial charge on any atom is -0.342 e. The molecular weight excluding hydrogens is 280 g/mol. The summed E-state index contributed by atoms with van der Waals surface area (Å²) >= 11 is 0. The van der Waals surface area contributed by atoms with Crippen LogP contribution in [0.25, 0.3) is 0 Å². The third-order valence-electron chi connectivity index (χ3n) is 4.02. The Labute approximate surface area is 130 Å². The molecule has 1 aromatic carbocycles. The highest BCUT2D eigenvalue weighted by Gasteiger charge is 2.22. The lowest BCUT2D eigenvalue weighted by atomic mass is 9.99. The second-order valence-corrected chi connectivity index (χ2v) is 5.92. The summed E-state index contributed by atoms with van der Waals surface area (Å²) < 4.78 is 0. The number of carbonyl (C=O) groups is 3. The van der Waals surface area contributed by atoms with Crippen LogP contribution in [0.5, 0.6) is 0 Å². The van der Waals surface area contributed by atoms with E-state index in [1.807, 2.05) is 0 Å². The Morgan fingerprint density at radius 3 is 2.27 bits per heavy atom. The van der Waals surface area contributed by atoms with Gasteiger partial charge in [0.05, 0.1) is 0 Å². The quantitative estimate of drug-likeness (QED) is 0.686. The topological polar surface area (TPSA) is 66.5 Å². The molecule has 1 fully saturated rings. The summed E-state index contributed by atoms with van der Waals surface area (Å²) in [5.74, 6) is 0.189. The molecule has 0 aliphatic carbocycles.